The van der Waals surface area contributed by atoms with Crippen LogP contribution in [0.2, 0.25) is 0 Å². The molecule has 0 unspecified atom stereocenters. The minimum absolute atomic E-state index is 0.0330. The van der Waals surface area contributed by atoms with Crippen LogP contribution in [0.4, 0.5) is 0 Å². The van der Waals surface area contributed by atoms with Gasteiger partial charge in [0.15, 0.2) is 5.78 Å². The molecule has 146 valence electrons. The average Bonchev–Trinajstić information content (AvgIpc) is 2.73. The van der Waals surface area contributed by atoms with Crippen LogP contribution < -0.4 is 10.4 Å². The second-order valence-corrected chi connectivity index (χ2v) is 7.66. The number of likely N-dealkylation sites (tertiary alicyclic amines) is 1. The molecule has 29 heavy (non-hydrogen) atoms. The number of carbonyl (C=O) groups is 2. The second kappa shape index (κ2) is 6.58. The van der Waals surface area contributed by atoms with E-state index in [1.54, 1.807) is 35.2 Å². The van der Waals surface area contributed by atoms with E-state index in [4.69, 9.17) is 9.15 Å². The van der Waals surface area contributed by atoms with Crippen molar-refractivity contribution < 1.29 is 18.7 Å². The van der Waals surface area contributed by atoms with Crippen LogP contribution >= 0.6 is 0 Å². The molecule has 0 atom stereocenters. The van der Waals surface area contributed by atoms with E-state index in [0.29, 0.717) is 54.6 Å². The fourth-order valence-electron chi connectivity index (χ4n) is 4.22. The highest BCUT2D eigenvalue weighted by Crippen LogP contribution is 2.39. The van der Waals surface area contributed by atoms with E-state index < -0.39 is 11.2 Å². The van der Waals surface area contributed by atoms with Crippen LogP contribution in [-0.4, -0.2) is 35.3 Å². The molecule has 0 aliphatic carbocycles. The van der Waals surface area contributed by atoms with E-state index in [1.165, 1.54) is 0 Å². The summed E-state index contributed by atoms with van der Waals surface area (Å²) in [6.07, 6.45) is 1.39. The molecule has 5 rings (SSSR count). The molecule has 2 aliphatic heterocycles. The van der Waals surface area contributed by atoms with Gasteiger partial charge in [-0.05, 0) is 24.3 Å². The molecule has 0 saturated carbocycles. The number of benzene rings is 2. The lowest BCUT2D eigenvalue weighted by Crippen LogP contribution is -2.52. The zero-order chi connectivity index (χ0) is 20.0. The van der Waals surface area contributed by atoms with Gasteiger partial charge in [0.25, 0.3) is 5.91 Å². The van der Waals surface area contributed by atoms with Crippen LogP contribution in [0.3, 0.4) is 0 Å². The average molecular weight is 389 g/mol. The fraction of sp³-hybridized carbons (Fsp3) is 0.261. The number of nitrogens with zero attached hydrogens (tertiary/aromatic N) is 1. The number of amides is 1. The Labute approximate surface area is 166 Å². The van der Waals surface area contributed by atoms with E-state index in [2.05, 4.69) is 0 Å². The summed E-state index contributed by atoms with van der Waals surface area (Å²) in [6, 6.07) is 16.0. The number of ketones is 1. The van der Waals surface area contributed by atoms with Crippen LogP contribution in [0.5, 0.6) is 5.75 Å². The summed E-state index contributed by atoms with van der Waals surface area (Å²) in [4.78, 5) is 39.5. The van der Waals surface area contributed by atoms with Crippen molar-refractivity contribution in [2.45, 2.75) is 24.9 Å². The Morgan fingerprint density at radius 3 is 2.52 bits per heavy atom. The molecule has 1 fully saturated rings. The van der Waals surface area contributed by atoms with E-state index in [-0.39, 0.29) is 17.3 Å². The summed E-state index contributed by atoms with van der Waals surface area (Å²) in [6.45, 7) is 0.834. The van der Waals surface area contributed by atoms with Crippen molar-refractivity contribution >= 4 is 22.7 Å². The first-order valence-electron chi connectivity index (χ1n) is 9.68. The molecule has 0 N–H and O–H groups in total. The van der Waals surface area contributed by atoms with Gasteiger partial charge in [0.2, 0.25) is 0 Å². The number of fused-ring (bicyclic) bond motifs is 2. The molecule has 1 amide bonds. The first kappa shape index (κ1) is 17.7. The molecule has 2 aromatic carbocycles. The van der Waals surface area contributed by atoms with E-state index in [1.807, 2.05) is 24.3 Å². The van der Waals surface area contributed by atoms with Crippen LogP contribution in [0.15, 0.2) is 63.8 Å². The topological polar surface area (TPSA) is 76.8 Å². The van der Waals surface area contributed by atoms with Crippen LogP contribution in [0.25, 0.3) is 11.0 Å². The van der Waals surface area contributed by atoms with Gasteiger partial charge in [0.1, 0.15) is 22.5 Å². The van der Waals surface area contributed by atoms with Crippen molar-refractivity contribution in [1.82, 2.24) is 4.90 Å². The van der Waals surface area contributed by atoms with Gasteiger partial charge >= 0.3 is 5.63 Å². The van der Waals surface area contributed by atoms with Crippen LogP contribution in [-0.2, 0) is 0 Å². The van der Waals surface area contributed by atoms with Gasteiger partial charge in [-0.2, -0.15) is 0 Å². The Bertz CT molecular complexity index is 1190. The Morgan fingerprint density at radius 2 is 1.69 bits per heavy atom. The highest BCUT2D eigenvalue weighted by molar-refractivity contribution is 6.00. The summed E-state index contributed by atoms with van der Waals surface area (Å²) in [5.41, 5.74) is -0.113. The summed E-state index contributed by atoms with van der Waals surface area (Å²) < 4.78 is 11.5. The monoisotopic (exact) mass is 389 g/mol. The van der Waals surface area contributed by atoms with Gasteiger partial charge in [0.05, 0.1) is 12.0 Å². The number of rotatable bonds is 1. The first-order chi connectivity index (χ1) is 14.0. The Morgan fingerprint density at radius 1 is 0.966 bits per heavy atom. The van der Waals surface area contributed by atoms with Gasteiger partial charge < -0.3 is 14.1 Å². The van der Waals surface area contributed by atoms with Gasteiger partial charge in [-0.1, -0.05) is 30.3 Å². The molecule has 1 spiro atoms. The normalized spacial score (nSPS) is 17.8. The number of piperidine rings is 1. The number of para-hydroxylation sites is 2. The van der Waals surface area contributed by atoms with Crippen molar-refractivity contribution in [3.8, 4) is 5.75 Å². The highest BCUT2D eigenvalue weighted by atomic mass is 16.5. The standard InChI is InChI=1S/C23H19NO5/c25-18-14-23(29-20-8-4-2-6-16(18)20)9-11-24(12-10-23)21(26)17-13-15-5-1-3-7-19(15)28-22(17)27/h1-8,13H,9-12,14H2. The lowest BCUT2D eigenvalue weighted by Gasteiger charge is -2.43. The molecule has 6 nitrogen and oxygen atoms in total. The second-order valence-electron chi connectivity index (χ2n) is 7.66. The lowest BCUT2D eigenvalue weighted by atomic mass is 9.82. The van der Waals surface area contributed by atoms with Crippen molar-refractivity contribution in [2.24, 2.45) is 0 Å². The third-order valence-corrected chi connectivity index (χ3v) is 5.83. The minimum atomic E-state index is -0.632. The molecule has 2 aliphatic rings. The third-order valence-electron chi connectivity index (χ3n) is 5.83. The van der Waals surface area contributed by atoms with Gasteiger partial charge in [0, 0.05) is 31.3 Å². The Hall–Kier alpha value is -3.41. The first-order valence-corrected chi connectivity index (χ1v) is 9.68. The third kappa shape index (κ3) is 3.01. The van der Waals surface area contributed by atoms with E-state index >= 15 is 0 Å². The quantitative estimate of drug-likeness (QED) is 0.596. The van der Waals surface area contributed by atoms with Crippen molar-refractivity contribution in [3.05, 3.63) is 76.1 Å². The number of hydrogen-bond acceptors (Lipinski definition) is 5. The van der Waals surface area contributed by atoms with Gasteiger partial charge in [-0.25, -0.2) is 4.79 Å². The van der Waals surface area contributed by atoms with Gasteiger partial charge in [-0.15, -0.1) is 0 Å². The summed E-state index contributed by atoms with van der Waals surface area (Å²) in [5, 5.41) is 0.710. The Kier molecular flexibility index (Phi) is 4.01. The number of carbonyl (C=O) groups excluding carboxylic acids is 2. The minimum Gasteiger partial charge on any atom is -0.486 e. The molecule has 6 heteroatoms. The molecule has 1 saturated heterocycles. The Balaban J connectivity index is 1.36. The summed E-state index contributed by atoms with van der Waals surface area (Å²) in [5.74, 6) is 0.336. The largest absolute Gasteiger partial charge is 0.486 e. The van der Waals surface area contributed by atoms with Gasteiger partial charge in [-0.3, -0.25) is 9.59 Å². The summed E-state index contributed by atoms with van der Waals surface area (Å²) >= 11 is 0. The van der Waals surface area contributed by atoms with Crippen LogP contribution in [0.1, 0.15) is 40.0 Å². The van der Waals surface area contributed by atoms with Crippen LogP contribution in [0, 0.1) is 0 Å². The maximum atomic E-state index is 13.0. The lowest BCUT2D eigenvalue weighted by molar-refractivity contribution is -0.00578. The molecule has 0 bridgehead atoms. The van der Waals surface area contributed by atoms with Crippen molar-refractivity contribution in [1.29, 1.82) is 0 Å². The van der Waals surface area contributed by atoms with Crippen molar-refractivity contribution in [3.63, 3.8) is 0 Å². The predicted molar refractivity (Wildman–Crippen MR) is 106 cm³/mol. The SMILES string of the molecule is O=C1CC2(CCN(C(=O)c3cc4ccccc4oc3=O)CC2)Oc2ccccc21. The number of hydrogen-bond donors (Lipinski definition) is 0. The highest BCUT2D eigenvalue weighted by Gasteiger charge is 2.43. The van der Waals surface area contributed by atoms with E-state index in [9.17, 15) is 14.4 Å². The molecule has 3 aromatic rings. The fourth-order valence-corrected chi connectivity index (χ4v) is 4.22. The number of ether oxygens (including phenoxy) is 1. The number of Topliss-reactive ketones (excluding diaryl/α,β-unsaturated/α-hetero) is 1. The van der Waals surface area contributed by atoms with Crippen molar-refractivity contribution in [2.75, 3.05) is 13.1 Å². The maximum absolute atomic E-state index is 13.0. The molecule has 0 radical (unpaired) electrons. The zero-order valence-corrected chi connectivity index (χ0v) is 15.7. The molecule has 3 heterocycles. The molecular weight excluding hydrogens is 370 g/mol. The smallest absolute Gasteiger partial charge is 0.349 e. The predicted octanol–water partition coefficient (Wildman–Crippen LogP) is 3.43. The zero-order valence-electron chi connectivity index (χ0n) is 15.7. The molecular formula is C23H19NO5. The maximum Gasteiger partial charge on any atom is 0.349 e. The van der Waals surface area contributed by atoms with E-state index in [0.717, 1.165) is 0 Å². The summed E-state index contributed by atoms with van der Waals surface area (Å²) in [7, 11) is 0. The molecule has 1 aromatic heterocycles.